The molecule has 1 N–H and O–H groups in total. The van der Waals surface area contributed by atoms with Gasteiger partial charge in [-0.05, 0) is 12.1 Å². The van der Waals surface area contributed by atoms with Crippen molar-refractivity contribution in [3.05, 3.63) is 46.7 Å². The van der Waals surface area contributed by atoms with Gasteiger partial charge in [-0.1, -0.05) is 11.6 Å². The number of anilines is 2. The molecule has 0 aliphatic rings. The Morgan fingerprint density at radius 3 is 2.78 bits per heavy atom. The van der Waals surface area contributed by atoms with Crippen LogP contribution in [0.1, 0.15) is 5.69 Å². The van der Waals surface area contributed by atoms with Gasteiger partial charge in [0.2, 0.25) is 5.95 Å². The lowest BCUT2D eigenvalue weighted by Crippen LogP contribution is -2.01. The van der Waals surface area contributed by atoms with E-state index < -0.39 is 11.6 Å². The Morgan fingerprint density at radius 2 is 2.11 bits per heavy atom. The van der Waals surface area contributed by atoms with Gasteiger partial charge >= 0.3 is 0 Å². The molecule has 0 saturated heterocycles. The van der Waals surface area contributed by atoms with Crippen molar-refractivity contribution < 1.29 is 8.78 Å². The van der Waals surface area contributed by atoms with E-state index >= 15 is 0 Å². The Balaban J connectivity index is 2.37. The maximum Gasteiger partial charge on any atom is 0.228 e. The zero-order valence-corrected chi connectivity index (χ0v) is 9.54. The maximum absolute atomic E-state index is 13.5. The Morgan fingerprint density at radius 1 is 1.33 bits per heavy atom. The number of aromatic nitrogens is 2. The van der Waals surface area contributed by atoms with Gasteiger partial charge in [-0.2, -0.15) is 5.26 Å². The molecule has 0 bridgehead atoms. The first-order valence-electron chi connectivity index (χ1n) is 4.75. The van der Waals surface area contributed by atoms with E-state index in [9.17, 15) is 8.78 Å². The van der Waals surface area contributed by atoms with E-state index in [1.54, 1.807) is 0 Å². The monoisotopic (exact) mass is 266 g/mol. The molecule has 0 amide bonds. The summed E-state index contributed by atoms with van der Waals surface area (Å²) >= 11 is 5.70. The normalized spacial score (nSPS) is 9.89. The maximum atomic E-state index is 13.5. The topological polar surface area (TPSA) is 61.6 Å². The molecular weight excluding hydrogens is 262 g/mol. The molecule has 18 heavy (non-hydrogen) atoms. The number of nitrogens with one attached hydrogen (secondary N) is 1. The summed E-state index contributed by atoms with van der Waals surface area (Å²) in [5, 5.41) is 11.0. The van der Waals surface area contributed by atoms with Gasteiger partial charge in [0.25, 0.3) is 0 Å². The molecule has 0 spiro atoms. The minimum atomic E-state index is -0.869. The number of hydrogen-bond donors (Lipinski definition) is 1. The summed E-state index contributed by atoms with van der Waals surface area (Å²) in [5.74, 6) is -1.65. The van der Waals surface area contributed by atoms with Crippen LogP contribution in [0.15, 0.2) is 24.4 Å². The third kappa shape index (κ3) is 2.52. The summed E-state index contributed by atoms with van der Waals surface area (Å²) in [6, 6.07) is 4.85. The van der Waals surface area contributed by atoms with Crippen molar-refractivity contribution in [1.29, 1.82) is 5.26 Å². The molecule has 0 aliphatic heterocycles. The quantitative estimate of drug-likeness (QED) is 0.907. The third-order valence-corrected chi connectivity index (χ3v) is 2.31. The zero-order chi connectivity index (χ0) is 13.1. The van der Waals surface area contributed by atoms with Crippen LogP contribution in [0.4, 0.5) is 20.4 Å². The van der Waals surface area contributed by atoms with Crippen LogP contribution in [-0.4, -0.2) is 9.97 Å². The molecule has 0 atom stereocenters. The second kappa shape index (κ2) is 4.94. The molecule has 0 aliphatic carbocycles. The average molecular weight is 267 g/mol. The highest BCUT2D eigenvalue weighted by atomic mass is 35.5. The predicted octanol–water partition coefficient (Wildman–Crippen LogP) is 3.02. The number of rotatable bonds is 2. The molecule has 4 nitrogen and oxygen atoms in total. The Kier molecular flexibility index (Phi) is 3.35. The van der Waals surface area contributed by atoms with E-state index in [0.717, 1.165) is 6.07 Å². The van der Waals surface area contributed by atoms with Crippen LogP contribution >= 0.6 is 11.6 Å². The van der Waals surface area contributed by atoms with Crippen LogP contribution in [0.3, 0.4) is 0 Å². The molecule has 2 aromatic rings. The first-order chi connectivity index (χ1) is 8.60. The molecular formula is C11H5ClF2N4. The van der Waals surface area contributed by atoms with Crippen LogP contribution in [0.2, 0.25) is 5.02 Å². The fourth-order valence-corrected chi connectivity index (χ4v) is 1.50. The first kappa shape index (κ1) is 12.2. The highest BCUT2D eigenvalue weighted by molar-refractivity contribution is 6.33. The van der Waals surface area contributed by atoms with Gasteiger partial charge in [-0.15, -0.1) is 0 Å². The SMILES string of the molecule is N#Cc1ccnc(Nc2c(F)cc(F)cc2Cl)n1. The van der Waals surface area contributed by atoms with Crippen molar-refractivity contribution >= 4 is 23.2 Å². The highest BCUT2D eigenvalue weighted by Gasteiger charge is 2.11. The van der Waals surface area contributed by atoms with Crippen LogP contribution in [0, 0.1) is 23.0 Å². The van der Waals surface area contributed by atoms with Gasteiger partial charge in [0.15, 0.2) is 5.82 Å². The second-order valence-electron chi connectivity index (χ2n) is 3.25. The van der Waals surface area contributed by atoms with Gasteiger partial charge in [-0.25, -0.2) is 18.7 Å². The van der Waals surface area contributed by atoms with E-state index in [0.29, 0.717) is 6.07 Å². The minimum Gasteiger partial charge on any atom is -0.320 e. The highest BCUT2D eigenvalue weighted by Crippen LogP contribution is 2.28. The Hall–Kier alpha value is -2.26. The van der Waals surface area contributed by atoms with Crippen LogP contribution in [-0.2, 0) is 0 Å². The molecule has 2 rings (SSSR count). The molecule has 1 heterocycles. The van der Waals surface area contributed by atoms with E-state index in [2.05, 4.69) is 15.3 Å². The lowest BCUT2D eigenvalue weighted by molar-refractivity contribution is 0.586. The van der Waals surface area contributed by atoms with Crippen molar-refractivity contribution in [2.45, 2.75) is 0 Å². The number of halogens is 3. The van der Waals surface area contributed by atoms with Crippen LogP contribution < -0.4 is 5.32 Å². The molecule has 0 saturated carbocycles. The van der Waals surface area contributed by atoms with Gasteiger partial charge in [0, 0.05) is 12.3 Å². The number of hydrogen-bond acceptors (Lipinski definition) is 4. The van der Waals surface area contributed by atoms with Crippen LogP contribution in [0.5, 0.6) is 0 Å². The largest absolute Gasteiger partial charge is 0.320 e. The fourth-order valence-electron chi connectivity index (χ4n) is 1.25. The van der Waals surface area contributed by atoms with E-state index in [1.807, 2.05) is 6.07 Å². The van der Waals surface area contributed by atoms with Crippen molar-refractivity contribution in [2.24, 2.45) is 0 Å². The van der Waals surface area contributed by atoms with Gasteiger partial charge in [0.05, 0.1) is 10.7 Å². The second-order valence-corrected chi connectivity index (χ2v) is 3.65. The molecule has 90 valence electrons. The summed E-state index contributed by atoms with van der Waals surface area (Å²) in [6.45, 7) is 0. The van der Waals surface area contributed by atoms with Crippen molar-refractivity contribution in [2.75, 3.05) is 5.32 Å². The fraction of sp³-hybridized carbons (Fsp3) is 0. The Bertz CT molecular complexity index is 616. The summed E-state index contributed by atoms with van der Waals surface area (Å²) in [7, 11) is 0. The summed E-state index contributed by atoms with van der Waals surface area (Å²) < 4.78 is 26.3. The molecule has 0 fully saturated rings. The smallest absolute Gasteiger partial charge is 0.228 e. The van der Waals surface area contributed by atoms with E-state index in [1.165, 1.54) is 12.3 Å². The molecule has 0 radical (unpaired) electrons. The van der Waals surface area contributed by atoms with Gasteiger partial charge in [0.1, 0.15) is 17.6 Å². The van der Waals surface area contributed by atoms with Crippen molar-refractivity contribution in [3.8, 4) is 6.07 Å². The summed E-state index contributed by atoms with van der Waals surface area (Å²) in [4.78, 5) is 7.58. The summed E-state index contributed by atoms with van der Waals surface area (Å²) in [5.41, 5.74) is -0.0284. The van der Waals surface area contributed by atoms with Crippen molar-refractivity contribution in [3.63, 3.8) is 0 Å². The predicted molar refractivity (Wildman–Crippen MR) is 61.4 cm³/mol. The van der Waals surface area contributed by atoms with Crippen LogP contribution in [0.25, 0.3) is 0 Å². The number of benzene rings is 1. The standard InChI is InChI=1S/C11H5ClF2N4/c12-8-3-6(13)4-9(14)10(8)18-11-16-2-1-7(5-15)17-11/h1-4H,(H,16,17,18). The lowest BCUT2D eigenvalue weighted by atomic mass is 10.3. The molecule has 1 aromatic heterocycles. The lowest BCUT2D eigenvalue weighted by Gasteiger charge is -2.08. The van der Waals surface area contributed by atoms with E-state index in [4.69, 9.17) is 16.9 Å². The molecule has 7 heteroatoms. The zero-order valence-electron chi connectivity index (χ0n) is 8.78. The summed E-state index contributed by atoms with van der Waals surface area (Å²) in [6.07, 6.45) is 1.34. The molecule has 0 unspecified atom stereocenters. The molecule has 1 aromatic carbocycles. The average Bonchev–Trinajstić information content (AvgIpc) is 2.34. The Labute approximate surface area is 106 Å². The van der Waals surface area contributed by atoms with E-state index in [-0.39, 0.29) is 22.4 Å². The van der Waals surface area contributed by atoms with Gasteiger partial charge < -0.3 is 5.32 Å². The van der Waals surface area contributed by atoms with Crippen molar-refractivity contribution in [1.82, 2.24) is 9.97 Å². The first-order valence-corrected chi connectivity index (χ1v) is 5.12. The van der Waals surface area contributed by atoms with Gasteiger partial charge in [-0.3, -0.25) is 0 Å². The minimum absolute atomic E-state index is 0.00135. The number of nitriles is 1. The third-order valence-electron chi connectivity index (χ3n) is 2.01. The number of nitrogens with zero attached hydrogens (tertiary/aromatic N) is 3.